The lowest BCUT2D eigenvalue weighted by Gasteiger charge is -2.29. The molecular formula is C18H25N3. The van der Waals surface area contributed by atoms with Gasteiger partial charge in [-0.05, 0) is 31.2 Å². The predicted molar refractivity (Wildman–Crippen MR) is 86.1 cm³/mol. The molecule has 1 aliphatic rings. The third-order valence-electron chi connectivity index (χ3n) is 4.56. The number of aryl methyl sites for hydroxylation is 1. The maximum atomic E-state index is 4.45. The van der Waals surface area contributed by atoms with Gasteiger partial charge in [-0.15, -0.1) is 0 Å². The van der Waals surface area contributed by atoms with Crippen LogP contribution in [0.1, 0.15) is 61.5 Å². The van der Waals surface area contributed by atoms with Gasteiger partial charge in [0.2, 0.25) is 0 Å². The second-order valence-electron chi connectivity index (χ2n) is 6.03. The smallest absolute Gasteiger partial charge is 0.0540 e. The van der Waals surface area contributed by atoms with Crippen LogP contribution in [0.2, 0.25) is 0 Å². The summed E-state index contributed by atoms with van der Waals surface area (Å²) >= 11 is 0. The van der Waals surface area contributed by atoms with E-state index < -0.39 is 0 Å². The van der Waals surface area contributed by atoms with Gasteiger partial charge in [-0.3, -0.25) is 4.68 Å². The van der Waals surface area contributed by atoms with Crippen LogP contribution in [0.15, 0.2) is 36.5 Å². The summed E-state index contributed by atoms with van der Waals surface area (Å²) in [7, 11) is 2.06. The van der Waals surface area contributed by atoms with E-state index in [1.54, 1.807) is 0 Å². The van der Waals surface area contributed by atoms with Crippen molar-refractivity contribution in [2.75, 3.05) is 0 Å². The molecule has 0 aliphatic heterocycles. The highest BCUT2D eigenvalue weighted by Crippen LogP contribution is 2.32. The lowest BCUT2D eigenvalue weighted by Crippen LogP contribution is -2.29. The van der Waals surface area contributed by atoms with Crippen molar-refractivity contribution in [1.29, 1.82) is 0 Å². The van der Waals surface area contributed by atoms with Crippen LogP contribution in [-0.4, -0.2) is 9.78 Å². The molecule has 2 aromatic rings. The van der Waals surface area contributed by atoms with Crippen LogP contribution in [0, 0.1) is 0 Å². The number of rotatable bonds is 5. The van der Waals surface area contributed by atoms with Crippen LogP contribution < -0.4 is 5.32 Å². The Bertz CT molecular complexity index is 573. The monoisotopic (exact) mass is 283 g/mol. The predicted octanol–water partition coefficient (Wildman–Crippen LogP) is 3.93. The van der Waals surface area contributed by atoms with Crippen molar-refractivity contribution in [3.63, 3.8) is 0 Å². The minimum Gasteiger partial charge on any atom is -0.303 e. The lowest BCUT2D eigenvalue weighted by molar-refractivity contribution is 0.381. The molecule has 21 heavy (non-hydrogen) atoms. The number of hydrogen-bond donors (Lipinski definition) is 1. The van der Waals surface area contributed by atoms with Gasteiger partial charge in [0.05, 0.1) is 6.20 Å². The van der Waals surface area contributed by atoms with E-state index in [1.807, 2.05) is 4.68 Å². The Morgan fingerprint density at radius 1 is 1.33 bits per heavy atom. The highest BCUT2D eigenvalue weighted by atomic mass is 15.3. The fourth-order valence-corrected chi connectivity index (χ4v) is 3.44. The molecule has 3 nitrogen and oxygen atoms in total. The normalized spacial score (nSPS) is 19.2. The van der Waals surface area contributed by atoms with Crippen molar-refractivity contribution in [2.24, 2.45) is 7.05 Å². The summed E-state index contributed by atoms with van der Waals surface area (Å²) in [6.07, 6.45) is 8.05. The fraction of sp³-hybridized carbons (Fsp3) is 0.500. The van der Waals surface area contributed by atoms with Crippen molar-refractivity contribution in [3.05, 3.63) is 53.3 Å². The molecule has 0 saturated heterocycles. The molecular weight excluding hydrogens is 258 g/mol. The largest absolute Gasteiger partial charge is 0.303 e. The summed E-state index contributed by atoms with van der Waals surface area (Å²) in [5, 5.41) is 8.34. The molecule has 3 rings (SSSR count). The van der Waals surface area contributed by atoms with Gasteiger partial charge < -0.3 is 5.32 Å². The average molecular weight is 283 g/mol. The van der Waals surface area contributed by atoms with Crippen molar-refractivity contribution in [2.45, 2.75) is 51.1 Å². The number of hydrogen-bond acceptors (Lipinski definition) is 2. The number of nitrogens with one attached hydrogen (secondary N) is 1. The van der Waals surface area contributed by atoms with Gasteiger partial charge in [0, 0.05) is 30.4 Å². The summed E-state index contributed by atoms with van der Waals surface area (Å²) < 4.78 is 2.04. The third kappa shape index (κ3) is 3.03. The van der Waals surface area contributed by atoms with E-state index in [1.165, 1.54) is 42.5 Å². The van der Waals surface area contributed by atoms with Gasteiger partial charge in [0.1, 0.15) is 0 Å². The lowest BCUT2D eigenvalue weighted by atomic mass is 9.91. The molecule has 0 bridgehead atoms. The number of fused-ring (bicyclic) bond motifs is 1. The van der Waals surface area contributed by atoms with Gasteiger partial charge in [-0.1, -0.05) is 43.7 Å². The van der Waals surface area contributed by atoms with Crippen LogP contribution in [0.25, 0.3) is 0 Å². The minimum absolute atomic E-state index is 0.437. The van der Waals surface area contributed by atoms with E-state index in [0.717, 1.165) is 6.42 Å². The van der Waals surface area contributed by atoms with Crippen LogP contribution >= 0.6 is 0 Å². The van der Waals surface area contributed by atoms with Gasteiger partial charge in [0.15, 0.2) is 0 Å². The zero-order valence-electron chi connectivity index (χ0n) is 13.0. The first-order valence-corrected chi connectivity index (χ1v) is 8.11. The Morgan fingerprint density at radius 3 is 2.90 bits per heavy atom. The Hall–Kier alpha value is -1.61. The van der Waals surface area contributed by atoms with E-state index in [2.05, 4.69) is 60.9 Å². The zero-order valence-corrected chi connectivity index (χ0v) is 13.0. The molecule has 0 fully saturated rings. The third-order valence-corrected chi connectivity index (χ3v) is 4.56. The second kappa shape index (κ2) is 6.44. The van der Waals surface area contributed by atoms with E-state index in [4.69, 9.17) is 0 Å². The molecule has 3 heteroatoms. The number of nitrogens with zero attached hydrogens (tertiary/aromatic N) is 2. The highest BCUT2D eigenvalue weighted by molar-refractivity contribution is 5.26. The van der Waals surface area contributed by atoms with Crippen LogP contribution in [0.3, 0.4) is 0 Å². The highest BCUT2D eigenvalue weighted by Gasteiger charge is 2.25. The van der Waals surface area contributed by atoms with Crippen LogP contribution in [-0.2, 0) is 13.5 Å². The van der Waals surface area contributed by atoms with E-state index in [9.17, 15) is 0 Å². The topological polar surface area (TPSA) is 29.9 Å². The molecule has 1 heterocycles. The molecule has 112 valence electrons. The summed E-state index contributed by atoms with van der Waals surface area (Å²) in [5.41, 5.74) is 4.21. The molecule has 2 atom stereocenters. The number of benzene rings is 1. The van der Waals surface area contributed by atoms with E-state index in [-0.39, 0.29) is 0 Å². The fourth-order valence-electron chi connectivity index (χ4n) is 3.44. The summed E-state index contributed by atoms with van der Waals surface area (Å²) in [4.78, 5) is 0. The van der Waals surface area contributed by atoms with Gasteiger partial charge in [0.25, 0.3) is 0 Å². The molecule has 1 N–H and O–H groups in total. The molecule has 2 unspecified atom stereocenters. The maximum absolute atomic E-state index is 4.45. The molecule has 1 aromatic heterocycles. The molecule has 0 radical (unpaired) electrons. The summed E-state index contributed by atoms with van der Waals surface area (Å²) in [6.45, 7) is 2.26. The zero-order chi connectivity index (χ0) is 14.7. The molecule has 0 spiro atoms. The van der Waals surface area contributed by atoms with Crippen molar-refractivity contribution < 1.29 is 0 Å². The molecule has 0 saturated carbocycles. The first-order valence-electron chi connectivity index (χ1n) is 8.11. The van der Waals surface area contributed by atoms with Crippen LogP contribution in [0.4, 0.5) is 0 Å². The Balaban J connectivity index is 1.81. The Labute approximate surface area is 127 Å². The number of aromatic nitrogens is 2. The standard InChI is InChI=1S/C18H25N3/c1-3-8-16(14-9-5-4-6-10-14)20-17-11-7-12-18-15(17)13-19-21(18)2/h4-6,9-10,13,16-17,20H,3,7-8,11-12H2,1-2H3. The Morgan fingerprint density at radius 2 is 2.14 bits per heavy atom. The van der Waals surface area contributed by atoms with E-state index in [0.29, 0.717) is 12.1 Å². The van der Waals surface area contributed by atoms with E-state index >= 15 is 0 Å². The van der Waals surface area contributed by atoms with Crippen molar-refractivity contribution in [3.8, 4) is 0 Å². The molecule has 0 amide bonds. The average Bonchev–Trinajstić information content (AvgIpc) is 2.90. The SMILES string of the molecule is CCCC(NC1CCCc2c1cnn2C)c1ccccc1. The summed E-state index contributed by atoms with van der Waals surface area (Å²) in [6, 6.07) is 11.7. The van der Waals surface area contributed by atoms with Crippen LogP contribution in [0.5, 0.6) is 0 Å². The van der Waals surface area contributed by atoms with Gasteiger partial charge in [-0.2, -0.15) is 5.10 Å². The maximum Gasteiger partial charge on any atom is 0.0540 e. The first kappa shape index (κ1) is 14.3. The quantitative estimate of drug-likeness (QED) is 0.901. The summed E-state index contributed by atoms with van der Waals surface area (Å²) in [5.74, 6) is 0. The Kier molecular flexibility index (Phi) is 4.39. The van der Waals surface area contributed by atoms with Crippen molar-refractivity contribution >= 4 is 0 Å². The second-order valence-corrected chi connectivity index (χ2v) is 6.03. The van der Waals surface area contributed by atoms with Gasteiger partial charge >= 0.3 is 0 Å². The van der Waals surface area contributed by atoms with Crippen molar-refractivity contribution in [1.82, 2.24) is 15.1 Å². The molecule has 1 aliphatic carbocycles. The molecule has 1 aromatic carbocycles. The minimum atomic E-state index is 0.437. The first-order chi connectivity index (χ1) is 10.3. The van der Waals surface area contributed by atoms with Gasteiger partial charge in [-0.25, -0.2) is 0 Å².